The number of fused-ring (bicyclic) bond motifs is 1. The van der Waals surface area contributed by atoms with E-state index in [4.69, 9.17) is 4.42 Å². The molecular formula is C14H10F3N3O2S. The summed E-state index contributed by atoms with van der Waals surface area (Å²) in [6, 6.07) is 7.76. The number of benzene rings is 1. The number of rotatable bonds is 4. The van der Waals surface area contributed by atoms with Crippen LogP contribution in [-0.2, 0) is 12.7 Å². The quantitative estimate of drug-likeness (QED) is 0.539. The van der Waals surface area contributed by atoms with Gasteiger partial charge in [-0.05, 0) is 18.2 Å². The summed E-state index contributed by atoms with van der Waals surface area (Å²) < 4.78 is 44.3. The topological polar surface area (TPSA) is 60.9 Å². The number of alkyl halides is 3. The first kappa shape index (κ1) is 15.6. The number of aryl methyl sites for hydroxylation is 1. The Morgan fingerprint density at radius 2 is 2.00 bits per heavy atom. The van der Waals surface area contributed by atoms with E-state index in [1.54, 1.807) is 24.3 Å². The molecule has 0 aliphatic heterocycles. The molecule has 0 aliphatic carbocycles. The molecule has 0 aliphatic rings. The van der Waals surface area contributed by atoms with Gasteiger partial charge in [0.2, 0.25) is 0 Å². The first-order chi connectivity index (χ1) is 10.9. The van der Waals surface area contributed by atoms with Crippen LogP contribution in [0.25, 0.3) is 11.1 Å². The third-order valence-electron chi connectivity index (χ3n) is 3.04. The second-order valence-electron chi connectivity index (χ2n) is 4.56. The molecule has 0 unspecified atom stereocenters. The molecule has 5 nitrogen and oxygen atoms in total. The Labute approximate surface area is 132 Å². The molecule has 1 aromatic carbocycles. The third-order valence-corrected chi connectivity index (χ3v) is 3.89. The molecule has 0 radical (unpaired) electrons. The Hall–Kier alpha value is -2.29. The van der Waals surface area contributed by atoms with Crippen LogP contribution in [-0.4, -0.2) is 20.3 Å². The van der Waals surface area contributed by atoms with Gasteiger partial charge < -0.3 is 4.42 Å². The molecule has 23 heavy (non-hydrogen) atoms. The fourth-order valence-corrected chi connectivity index (χ4v) is 2.78. The highest BCUT2D eigenvalue weighted by Gasteiger charge is 2.32. The van der Waals surface area contributed by atoms with Gasteiger partial charge in [0.25, 0.3) is 0 Å². The van der Waals surface area contributed by atoms with E-state index in [9.17, 15) is 18.0 Å². The minimum atomic E-state index is -4.50. The van der Waals surface area contributed by atoms with Gasteiger partial charge in [0, 0.05) is 18.5 Å². The van der Waals surface area contributed by atoms with E-state index in [2.05, 4.69) is 9.97 Å². The summed E-state index contributed by atoms with van der Waals surface area (Å²) in [6.45, 7) is 0.278. The van der Waals surface area contributed by atoms with Gasteiger partial charge >= 0.3 is 11.9 Å². The predicted molar refractivity (Wildman–Crippen MR) is 78.2 cm³/mol. The second-order valence-corrected chi connectivity index (χ2v) is 5.62. The van der Waals surface area contributed by atoms with Gasteiger partial charge in [-0.15, -0.1) is 0 Å². The van der Waals surface area contributed by atoms with Crippen LogP contribution in [0.15, 0.2) is 50.9 Å². The van der Waals surface area contributed by atoms with Crippen molar-refractivity contribution in [3.05, 3.63) is 52.8 Å². The largest absolute Gasteiger partial charge is 0.433 e. The predicted octanol–water partition coefficient (Wildman–Crippen LogP) is 3.20. The van der Waals surface area contributed by atoms with Gasteiger partial charge in [-0.25, -0.2) is 14.8 Å². The standard InChI is InChI=1S/C14H10F3N3O2S/c15-14(16,17)11-5-6-18-12(19-11)23-8-7-20-9-3-1-2-4-10(9)22-13(20)21/h1-6H,7-8H2. The Bertz CT molecular complexity index is 889. The molecular weight excluding hydrogens is 331 g/mol. The van der Waals surface area contributed by atoms with Gasteiger partial charge in [-0.1, -0.05) is 23.9 Å². The SMILES string of the molecule is O=c1oc2ccccc2n1CCSc1nccc(C(F)(F)F)n1. The smallest absolute Gasteiger partial charge is 0.408 e. The van der Waals surface area contributed by atoms with Gasteiger partial charge in [0.15, 0.2) is 10.7 Å². The van der Waals surface area contributed by atoms with Crippen LogP contribution in [0.2, 0.25) is 0 Å². The van der Waals surface area contributed by atoms with Crippen LogP contribution < -0.4 is 5.76 Å². The zero-order valence-corrected chi connectivity index (χ0v) is 12.4. The summed E-state index contributed by atoms with van der Waals surface area (Å²) >= 11 is 1.04. The van der Waals surface area contributed by atoms with E-state index < -0.39 is 17.6 Å². The lowest BCUT2D eigenvalue weighted by molar-refractivity contribution is -0.141. The minimum absolute atomic E-state index is 0.0145. The van der Waals surface area contributed by atoms with Gasteiger partial charge in [0.05, 0.1) is 5.52 Å². The molecule has 0 saturated carbocycles. The van der Waals surface area contributed by atoms with Gasteiger partial charge in [-0.2, -0.15) is 13.2 Å². The Balaban J connectivity index is 1.72. The zero-order chi connectivity index (χ0) is 16.4. The Kier molecular flexibility index (Phi) is 4.12. The van der Waals surface area contributed by atoms with Crippen molar-refractivity contribution in [1.82, 2.24) is 14.5 Å². The molecule has 9 heteroatoms. The number of aromatic nitrogens is 3. The van der Waals surface area contributed by atoms with E-state index in [0.717, 1.165) is 24.0 Å². The van der Waals surface area contributed by atoms with Crippen molar-refractivity contribution in [3.63, 3.8) is 0 Å². The van der Waals surface area contributed by atoms with Crippen LogP contribution in [0.4, 0.5) is 13.2 Å². The number of nitrogens with zero attached hydrogens (tertiary/aromatic N) is 3. The lowest BCUT2D eigenvalue weighted by Crippen LogP contribution is -2.15. The highest BCUT2D eigenvalue weighted by Crippen LogP contribution is 2.28. The Morgan fingerprint density at radius 3 is 2.78 bits per heavy atom. The molecule has 2 aromatic heterocycles. The number of halogens is 3. The minimum Gasteiger partial charge on any atom is -0.408 e. The monoisotopic (exact) mass is 341 g/mol. The zero-order valence-electron chi connectivity index (χ0n) is 11.6. The van der Waals surface area contributed by atoms with Crippen LogP contribution >= 0.6 is 11.8 Å². The van der Waals surface area contributed by atoms with Crippen molar-refractivity contribution in [2.45, 2.75) is 17.9 Å². The normalized spacial score (nSPS) is 12.0. The van der Waals surface area contributed by atoms with Crippen LogP contribution in [0.3, 0.4) is 0 Å². The van der Waals surface area contributed by atoms with E-state index in [-0.39, 0.29) is 11.7 Å². The summed E-state index contributed by atoms with van der Waals surface area (Å²) in [5, 5.41) is 0.0145. The lowest BCUT2D eigenvalue weighted by Gasteiger charge is -2.06. The van der Waals surface area contributed by atoms with Crippen LogP contribution in [0.5, 0.6) is 0 Å². The van der Waals surface area contributed by atoms with E-state index >= 15 is 0 Å². The van der Waals surface area contributed by atoms with Gasteiger partial charge in [-0.3, -0.25) is 4.57 Å². The average Bonchev–Trinajstić information content (AvgIpc) is 2.83. The summed E-state index contributed by atoms with van der Waals surface area (Å²) in [6.07, 6.45) is -3.44. The van der Waals surface area contributed by atoms with E-state index in [1.165, 1.54) is 4.57 Å². The van der Waals surface area contributed by atoms with Crippen molar-refractivity contribution in [3.8, 4) is 0 Å². The first-order valence-corrected chi connectivity index (χ1v) is 7.55. The molecule has 0 amide bonds. The van der Waals surface area contributed by atoms with Crippen molar-refractivity contribution in [2.75, 3.05) is 5.75 Å². The lowest BCUT2D eigenvalue weighted by atomic mass is 10.3. The maximum absolute atomic E-state index is 12.6. The van der Waals surface area contributed by atoms with E-state index in [1.807, 2.05) is 0 Å². The maximum Gasteiger partial charge on any atom is 0.433 e. The number of oxazole rings is 1. The highest BCUT2D eigenvalue weighted by atomic mass is 32.2. The van der Waals surface area contributed by atoms with E-state index in [0.29, 0.717) is 16.9 Å². The summed E-state index contributed by atoms with van der Waals surface area (Å²) in [5.41, 5.74) is 0.127. The van der Waals surface area contributed by atoms with Crippen molar-refractivity contribution >= 4 is 22.9 Å². The number of para-hydroxylation sites is 2. The maximum atomic E-state index is 12.6. The molecule has 0 saturated heterocycles. The molecule has 0 N–H and O–H groups in total. The molecule has 120 valence electrons. The molecule has 2 heterocycles. The fraction of sp³-hybridized carbons (Fsp3) is 0.214. The van der Waals surface area contributed by atoms with Crippen molar-refractivity contribution in [2.24, 2.45) is 0 Å². The summed E-state index contributed by atoms with van der Waals surface area (Å²) in [4.78, 5) is 19.0. The number of hydrogen-bond acceptors (Lipinski definition) is 5. The third kappa shape index (κ3) is 3.39. The summed E-state index contributed by atoms with van der Waals surface area (Å²) in [5.74, 6) is -0.165. The first-order valence-electron chi connectivity index (χ1n) is 6.56. The molecule has 0 spiro atoms. The summed E-state index contributed by atoms with van der Waals surface area (Å²) in [7, 11) is 0. The molecule has 3 rings (SSSR count). The van der Waals surface area contributed by atoms with Crippen LogP contribution in [0, 0.1) is 0 Å². The number of thioether (sulfide) groups is 1. The van der Waals surface area contributed by atoms with Crippen LogP contribution in [0.1, 0.15) is 5.69 Å². The van der Waals surface area contributed by atoms with Gasteiger partial charge in [0.1, 0.15) is 5.69 Å². The number of hydrogen-bond donors (Lipinski definition) is 0. The second kappa shape index (κ2) is 6.07. The molecule has 3 aromatic rings. The Morgan fingerprint density at radius 1 is 1.22 bits per heavy atom. The van der Waals surface area contributed by atoms with Crippen molar-refractivity contribution in [1.29, 1.82) is 0 Å². The molecule has 0 bridgehead atoms. The fourth-order valence-electron chi connectivity index (χ4n) is 2.02. The van der Waals surface area contributed by atoms with Crippen molar-refractivity contribution < 1.29 is 17.6 Å². The molecule has 0 atom stereocenters. The average molecular weight is 341 g/mol. The highest BCUT2D eigenvalue weighted by molar-refractivity contribution is 7.99. The molecule has 0 fully saturated rings.